The van der Waals surface area contributed by atoms with E-state index in [1.807, 2.05) is 6.07 Å². The summed E-state index contributed by atoms with van der Waals surface area (Å²) in [6.45, 7) is 3.10. The number of quaternary nitrogens is 1. The Morgan fingerprint density at radius 1 is 1.27 bits per heavy atom. The molecular formula is C16H22N3O2S+. The van der Waals surface area contributed by atoms with Crippen LogP contribution in [0.15, 0.2) is 41.6 Å². The molecule has 0 radical (unpaired) electrons. The molecule has 1 aromatic carbocycles. The molecule has 0 atom stereocenters. The Morgan fingerprint density at radius 3 is 2.68 bits per heavy atom. The molecule has 118 valence electrons. The molecular weight excluding hydrogens is 298 g/mol. The number of sulfonamides is 1. The number of fused-ring (bicyclic) bond motifs is 1. The minimum atomic E-state index is -3.63. The predicted octanol–water partition coefficient (Wildman–Crippen LogP) is 2.43. The van der Waals surface area contributed by atoms with Gasteiger partial charge in [0.25, 0.3) is 0 Å². The Morgan fingerprint density at radius 2 is 2.00 bits per heavy atom. The van der Waals surface area contributed by atoms with E-state index < -0.39 is 10.0 Å². The smallest absolute Gasteiger partial charge is 0.264 e. The van der Waals surface area contributed by atoms with Crippen molar-refractivity contribution in [3.05, 3.63) is 36.7 Å². The zero-order chi connectivity index (χ0) is 15.8. The molecule has 0 bridgehead atoms. The fourth-order valence-corrected chi connectivity index (χ4v) is 5.02. The van der Waals surface area contributed by atoms with E-state index in [4.69, 9.17) is 5.84 Å². The van der Waals surface area contributed by atoms with E-state index in [-0.39, 0.29) is 4.00 Å². The average Bonchev–Trinajstić information content (AvgIpc) is 2.55. The number of pyridine rings is 1. The van der Waals surface area contributed by atoms with Gasteiger partial charge in [-0.2, -0.15) is 14.3 Å². The number of rotatable bonds is 3. The molecule has 5 nitrogen and oxygen atoms in total. The van der Waals surface area contributed by atoms with Gasteiger partial charge in [-0.25, -0.2) is 0 Å². The van der Waals surface area contributed by atoms with E-state index >= 15 is 0 Å². The average molecular weight is 320 g/mol. The second-order valence-corrected chi connectivity index (χ2v) is 8.20. The fraction of sp³-hybridized carbons (Fsp3) is 0.438. The van der Waals surface area contributed by atoms with E-state index in [2.05, 4.69) is 11.9 Å². The zero-order valence-corrected chi connectivity index (χ0v) is 13.6. The van der Waals surface area contributed by atoms with Gasteiger partial charge in [0, 0.05) is 36.0 Å². The molecule has 0 unspecified atom stereocenters. The van der Waals surface area contributed by atoms with E-state index in [0.717, 1.165) is 24.6 Å². The summed E-state index contributed by atoms with van der Waals surface area (Å²) in [6.07, 6.45) is 6.10. The van der Waals surface area contributed by atoms with Crippen LogP contribution in [0.3, 0.4) is 0 Å². The van der Waals surface area contributed by atoms with Gasteiger partial charge >= 0.3 is 10.0 Å². The third kappa shape index (κ3) is 2.41. The van der Waals surface area contributed by atoms with Crippen molar-refractivity contribution in [1.29, 1.82) is 0 Å². The summed E-state index contributed by atoms with van der Waals surface area (Å²) >= 11 is 0. The third-order valence-electron chi connectivity index (χ3n) is 4.81. The maximum absolute atomic E-state index is 13.1. The molecule has 1 fully saturated rings. The summed E-state index contributed by atoms with van der Waals surface area (Å²) < 4.78 is 25.9. The van der Waals surface area contributed by atoms with Crippen molar-refractivity contribution in [2.45, 2.75) is 31.1 Å². The van der Waals surface area contributed by atoms with E-state index in [0.29, 0.717) is 29.3 Å². The summed E-state index contributed by atoms with van der Waals surface area (Å²) in [4.78, 5) is 4.37. The molecule has 2 heterocycles. The zero-order valence-electron chi connectivity index (χ0n) is 12.8. The van der Waals surface area contributed by atoms with Crippen LogP contribution in [0.1, 0.15) is 26.2 Å². The maximum atomic E-state index is 13.1. The normalized spacial score (nSPS) is 26.2. The fourth-order valence-electron chi connectivity index (χ4n) is 3.22. The SMILES string of the molecule is CCC1CC[N+](N)(S(=O)(=O)c2cccc3cnccc23)CC1. The Bertz CT molecular complexity index is 776. The lowest BCUT2D eigenvalue weighted by molar-refractivity contribution is -0.825. The predicted molar refractivity (Wildman–Crippen MR) is 86.1 cm³/mol. The van der Waals surface area contributed by atoms with Crippen molar-refractivity contribution in [2.24, 2.45) is 11.8 Å². The van der Waals surface area contributed by atoms with Gasteiger partial charge in [-0.15, -0.1) is 4.00 Å². The molecule has 2 aromatic rings. The highest BCUT2D eigenvalue weighted by Gasteiger charge is 2.44. The van der Waals surface area contributed by atoms with Crippen molar-refractivity contribution >= 4 is 20.8 Å². The van der Waals surface area contributed by atoms with E-state index in [1.54, 1.807) is 30.6 Å². The lowest BCUT2D eigenvalue weighted by atomic mass is 9.95. The van der Waals surface area contributed by atoms with Crippen molar-refractivity contribution in [3.8, 4) is 0 Å². The van der Waals surface area contributed by atoms with Gasteiger partial charge in [0.1, 0.15) is 18.0 Å². The standard InChI is InChI=1S/C16H22N3O2S/c1-2-13-7-10-19(17,11-8-13)22(20,21)16-5-3-4-14-12-18-9-6-15(14)16/h3-6,9,12-13H,2,7-8,10-11,17H2,1H3/q+1. The van der Waals surface area contributed by atoms with Gasteiger partial charge in [-0.3, -0.25) is 4.98 Å². The quantitative estimate of drug-likeness (QED) is 0.696. The van der Waals surface area contributed by atoms with Crippen LogP contribution in [0.2, 0.25) is 0 Å². The first kappa shape index (κ1) is 15.4. The van der Waals surface area contributed by atoms with E-state index in [1.165, 1.54) is 0 Å². The van der Waals surface area contributed by atoms with Crippen LogP contribution in [0.25, 0.3) is 10.8 Å². The van der Waals surface area contributed by atoms with Crippen LogP contribution in [-0.2, 0) is 10.0 Å². The highest BCUT2D eigenvalue weighted by atomic mass is 32.2. The van der Waals surface area contributed by atoms with Crippen molar-refractivity contribution in [2.75, 3.05) is 13.1 Å². The number of aromatic nitrogens is 1. The first-order valence-electron chi connectivity index (χ1n) is 7.71. The molecule has 0 aliphatic carbocycles. The van der Waals surface area contributed by atoms with Gasteiger partial charge in [-0.05, 0) is 18.1 Å². The number of hydrogen-bond acceptors (Lipinski definition) is 4. The molecule has 1 saturated heterocycles. The molecule has 1 aromatic heterocycles. The maximum Gasteiger partial charge on any atom is 0.345 e. The summed E-state index contributed by atoms with van der Waals surface area (Å²) in [5.41, 5.74) is 0. The molecule has 2 N–H and O–H groups in total. The van der Waals surface area contributed by atoms with Gasteiger partial charge in [-0.1, -0.05) is 25.5 Å². The topological polar surface area (TPSA) is 73.1 Å². The lowest BCUT2D eigenvalue weighted by Gasteiger charge is -2.37. The van der Waals surface area contributed by atoms with E-state index in [9.17, 15) is 8.42 Å². The molecule has 0 saturated carbocycles. The van der Waals surface area contributed by atoms with Crippen LogP contribution in [0.5, 0.6) is 0 Å². The van der Waals surface area contributed by atoms with Crippen molar-refractivity contribution in [3.63, 3.8) is 0 Å². The Balaban J connectivity index is 2.06. The first-order valence-corrected chi connectivity index (χ1v) is 9.15. The second-order valence-electron chi connectivity index (χ2n) is 6.08. The molecule has 0 amide bonds. The minimum Gasteiger partial charge on any atom is -0.264 e. The van der Waals surface area contributed by atoms with Gasteiger partial charge in [0.2, 0.25) is 0 Å². The largest absolute Gasteiger partial charge is 0.345 e. The molecule has 1 aliphatic rings. The van der Waals surface area contributed by atoms with Crippen molar-refractivity contribution in [1.82, 2.24) is 4.98 Å². The molecule has 3 rings (SSSR count). The van der Waals surface area contributed by atoms with Gasteiger partial charge in [0.15, 0.2) is 0 Å². The minimum absolute atomic E-state index is 0.310. The van der Waals surface area contributed by atoms with Crippen LogP contribution >= 0.6 is 0 Å². The van der Waals surface area contributed by atoms with Crippen LogP contribution in [0.4, 0.5) is 0 Å². The number of nitrogens with zero attached hydrogens (tertiary/aromatic N) is 2. The van der Waals surface area contributed by atoms with Crippen molar-refractivity contribution < 1.29 is 12.4 Å². The Kier molecular flexibility index (Phi) is 3.92. The molecule has 0 spiro atoms. The molecule has 6 heteroatoms. The van der Waals surface area contributed by atoms with Crippen LogP contribution < -0.4 is 5.84 Å². The number of benzene rings is 1. The summed E-state index contributed by atoms with van der Waals surface area (Å²) in [5.74, 6) is 6.90. The molecule has 1 aliphatic heterocycles. The highest BCUT2D eigenvalue weighted by molar-refractivity contribution is 7.86. The first-order chi connectivity index (χ1) is 10.5. The highest BCUT2D eigenvalue weighted by Crippen LogP contribution is 2.32. The number of hydrogen-bond donors (Lipinski definition) is 1. The summed E-state index contributed by atoms with van der Waals surface area (Å²) in [6, 6.07) is 7.01. The van der Waals surface area contributed by atoms with Crippen LogP contribution in [0, 0.1) is 5.92 Å². The number of nitrogens with two attached hydrogens (primary N) is 1. The molecule has 22 heavy (non-hydrogen) atoms. The summed E-state index contributed by atoms with van der Waals surface area (Å²) in [5, 5.41) is 1.51. The third-order valence-corrected chi connectivity index (χ3v) is 7.04. The van der Waals surface area contributed by atoms with Crippen LogP contribution in [-0.4, -0.2) is 30.5 Å². The Hall–Kier alpha value is -1.50. The number of piperidine rings is 1. The lowest BCUT2D eigenvalue weighted by Crippen LogP contribution is -2.61. The monoisotopic (exact) mass is 320 g/mol. The second kappa shape index (κ2) is 5.61. The van der Waals surface area contributed by atoms with Gasteiger partial charge in [0.05, 0.1) is 0 Å². The summed E-state index contributed by atoms with van der Waals surface area (Å²) in [7, 11) is -3.63. The van der Waals surface area contributed by atoms with Gasteiger partial charge < -0.3 is 0 Å². The Labute approximate surface area is 131 Å².